The van der Waals surface area contributed by atoms with Crippen LogP contribution in [-0.4, -0.2) is 6.29 Å². The maximum atomic E-state index is 11.3. The van der Waals surface area contributed by atoms with Crippen LogP contribution in [0.25, 0.3) is 26.5 Å². The molecule has 0 aliphatic heterocycles. The van der Waals surface area contributed by atoms with Gasteiger partial charge in [0.2, 0.25) is 0 Å². The van der Waals surface area contributed by atoms with Gasteiger partial charge < -0.3 is 0 Å². The van der Waals surface area contributed by atoms with E-state index in [1.807, 2.05) is 6.07 Å². The van der Waals surface area contributed by atoms with E-state index in [4.69, 9.17) is 0 Å². The summed E-state index contributed by atoms with van der Waals surface area (Å²) in [7, 11) is 0. The Morgan fingerprint density at radius 3 is 2.50 bits per heavy atom. The predicted molar refractivity (Wildman–Crippen MR) is 152 cm³/mol. The lowest BCUT2D eigenvalue weighted by Crippen LogP contribution is -2.26. The van der Waals surface area contributed by atoms with Gasteiger partial charge in [0.15, 0.2) is 6.29 Å². The van der Waals surface area contributed by atoms with Crippen LogP contribution in [0.4, 0.5) is 0 Å². The number of rotatable bonds is 9. The Morgan fingerprint density at radius 2 is 1.79 bits per heavy atom. The average molecular weight is 552 g/mol. The molecule has 34 heavy (non-hydrogen) atoms. The molecule has 5 rings (SSSR count). The fourth-order valence-corrected chi connectivity index (χ4v) is 8.39. The van der Waals surface area contributed by atoms with Crippen LogP contribution in [-0.2, 0) is 5.41 Å². The van der Waals surface area contributed by atoms with Crippen molar-refractivity contribution in [3.05, 3.63) is 73.9 Å². The van der Waals surface area contributed by atoms with Gasteiger partial charge in [-0.1, -0.05) is 63.8 Å². The Bertz CT molecular complexity index is 1260. The van der Waals surface area contributed by atoms with E-state index in [-0.39, 0.29) is 5.41 Å². The van der Waals surface area contributed by atoms with Crippen molar-refractivity contribution in [2.75, 3.05) is 0 Å². The molecule has 4 heteroatoms. The smallest absolute Gasteiger partial charge is 0.160 e. The molecule has 0 atom stereocenters. The Hall–Kier alpha value is -1.75. The Kier molecular flexibility index (Phi) is 7.11. The predicted octanol–water partition coefficient (Wildman–Crippen LogP) is 10.5. The van der Waals surface area contributed by atoms with Gasteiger partial charge in [0.1, 0.15) is 0 Å². The quantitative estimate of drug-likeness (QED) is 0.242. The number of halogens is 1. The molecule has 2 heterocycles. The fraction of sp³-hybridized carbons (Fsp3) is 0.367. The van der Waals surface area contributed by atoms with E-state index in [0.717, 1.165) is 32.7 Å². The second-order valence-corrected chi connectivity index (χ2v) is 13.0. The number of hydrogen-bond acceptors (Lipinski definition) is 3. The molecule has 0 saturated heterocycles. The molecule has 3 aromatic rings. The lowest BCUT2D eigenvalue weighted by Gasteiger charge is -2.34. The minimum absolute atomic E-state index is 0.144. The van der Waals surface area contributed by atoms with Crippen molar-refractivity contribution in [3.63, 3.8) is 0 Å². The molecule has 1 nitrogen and oxygen atoms in total. The Labute approximate surface area is 219 Å². The fourth-order valence-electron chi connectivity index (χ4n) is 5.83. The van der Waals surface area contributed by atoms with Crippen LogP contribution in [0, 0.1) is 0 Å². The molecule has 0 bridgehead atoms. The zero-order valence-electron chi connectivity index (χ0n) is 20.0. The molecule has 176 valence electrons. The molecule has 0 fully saturated rings. The average Bonchev–Trinajstić information content (AvgIpc) is 3.56. The SMILES string of the molecule is CCCCC1(CCCC)C2=C(CCC=C2)c2ccc(-c3cc(Br)sc3-c3ccc(C=O)s3)cc21. The maximum absolute atomic E-state index is 11.3. The molecular formula is C30H31BrOS2. The van der Waals surface area contributed by atoms with Crippen molar-refractivity contribution >= 4 is 50.5 Å². The minimum atomic E-state index is 0.144. The number of carbonyl (C=O) groups is 1. The summed E-state index contributed by atoms with van der Waals surface area (Å²) >= 11 is 7.07. The van der Waals surface area contributed by atoms with E-state index >= 15 is 0 Å². The first-order valence-corrected chi connectivity index (χ1v) is 14.9. The molecule has 0 N–H and O–H groups in total. The molecule has 0 saturated carbocycles. The van der Waals surface area contributed by atoms with Crippen molar-refractivity contribution in [2.45, 2.75) is 70.6 Å². The third kappa shape index (κ3) is 4.12. The number of hydrogen-bond donors (Lipinski definition) is 0. The lowest BCUT2D eigenvalue weighted by molar-refractivity contribution is 0.112. The van der Waals surface area contributed by atoms with Gasteiger partial charge in [-0.3, -0.25) is 4.79 Å². The van der Waals surface area contributed by atoms with E-state index in [1.54, 1.807) is 39.4 Å². The number of fused-ring (bicyclic) bond motifs is 2. The second-order valence-electron chi connectivity index (χ2n) is 9.50. The van der Waals surface area contributed by atoms with Gasteiger partial charge >= 0.3 is 0 Å². The molecular weight excluding hydrogens is 520 g/mol. The molecule has 2 aliphatic carbocycles. The molecule has 1 aromatic carbocycles. The van der Waals surface area contributed by atoms with E-state index < -0.39 is 0 Å². The van der Waals surface area contributed by atoms with Crippen LogP contribution >= 0.6 is 38.6 Å². The number of unbranched alkanes of at least 4 members (excludes halogenated alkanes) is 2. The second kappa shape index (κ2) is 10.1. The summed E-state index contributed by atoms with van der Waals surface area (Å²) in [5.41, 5.74) is 8.94. The van der Waals surface area contributed by atoms with Gasteiger partial charge in [-0.15, -0.1) is 22.7 Å². The lowest BCUT2D eigenvalue weighted by atomic mass is 9.69. The summed E-state index contributed by atoms with van der Waals surface area (Å²) in [5, 5.41) is 0. The first-order chi connectivity index (χ1) is 16.6. The Balaban J connectivity index is 1.66. The molecule has 0 spiro atoms. The van der Waals surface area contributed by atoms with Crippen molar-refractivity contribution in [2.24, 2.45) is 0 Å². The van der Waals surface area contributed by atoms with Gasteiger partial charge in [0.05, 0.1) is 13.5 Å². The van der Waals surface area contributed by atoms with Gasteiger partial charge in [0, 0.05) is 15.9 Å². The zero-order chi connectivity index (χ0) is 23.7. The molecule has 0 unspecified atom stereocenters. The number of allylic oxidation sites excluding steroid dienone is 4. The standard InChI is InChI=1S/C30H31BrOS2/c1-3-5-15-30(16-6-4-2)25-10-8-7-9-22(25)23-13-11-20(17-26(23)30)24-18-28(31)34-29(24)27-14-12-21(19-32)33-27/h8,10-14,17-19H,3-7,9,15-16H2,1-2H3. The van der Waals surface area contributed by atoms with Gasteiger partial charge in [-0.25, -0.2) is 0 Å². The first kappa shape index (κ1) is 24.0. The van der Waals surface area contributed by atoms with E-state index in [2.05, 4.69) is 72.3 Å². The van der Waals surface area contributed by atoms with Crippen LogP contribution in [0.1, 0.15) is 86.0 Å². The highest BCUT2D eigenvalue weighted by Crippen LogP contribution is 2.56. The zero-order valence-corrected chi connectivity index (χ0v) is 23.2. The van der Waals surface area contributed by atoms with Crippen molar-refractivity contribution in [1.29, 1.82) is 0 Å². The monoisotopic (exact) mass is 550 g/mol. The topological polar surface area (TPSA) is 17.1 Å². The van der Waals surface area contributed by atoms with Crippen LogP contribution in [0.3, 0.4) is 0 Å². The normalized spacial score (nSPS) is 16.1. The van der Waals surface area contributed by atoms with Gasteiger partial charge in [0.25, 0.3) is 0 Å². The Morgan fingerprint density at radius 1 is 1.00 bits per heavy atom. The van der Waals surface area contributed by atoms with E-state index in [1.165, 1.54) is 60.1 Å². The van der Waals surface area contributed by atoms with Crippen LogP contribution in [0.2, 0.25) is 0 Å². The van der Waals surface area contributed by atoms with Crippen molar-refractivity contribution in [1.82, 2.24) is 0 Å². The first-order valence-electron chi connectivity index (χ1n) is 12.5. The summed E-state index contributed by atoms with van der Waals surface area (Å²) in [5.74, 6) is 0. The van der Waals surface area contributed by atoms with E-state index in [0.29, 0.717) is 0 Å². The van der Waals surface area contributed by atoms with Crippen LogP contribution in [0.15, 0.2) is 57.9 Å². The molecule has 0 amide bonds. The van der Waals surface area contributed by atoms with Crippen LogP contribution < -0.4 is 0 Å². The third-order valence-electron chi connectivity index (χ3n) is 7.44. The van der Waals surface area contributed by atoms with E-state index in [9.17, 15) is 4.79 Å². The number of benzene rings is 1. The summed E-state index contributed by atoms with van der Waals surface area (Å²) in [6.07, 6.45) is 15.6. The minimum Gasteiger partial charge on any atom is -0.297 e. The van der Waals surface area contributed by atoms with Gasteiger partial charge in [-0.2, -0.15) is 0 Å². The summed E-state index contributed by atoms with van der Waals surface area (Å²) in [6, 6.07) is 13.5. The highest BCUT2D eigenvalue weighted by Gasteiger charge is 2.43. The third-order valence-corrected chi connectivity index (χ3v) is 10.3. The van der Waals surface area contributed by atoms with Gasteiger partial charge in [-0.05, 0) is 93.7 Å². The summed E-state index contributed by atoms with van der Waals surface area (Å²) < 4.78 is 1.13. The summed E-state index contributed by atoms with van der Waals surface area (Å²) in [4.78, 5) is 14.5. The van der Waals surface area contributed by atoms with Crippen LogP contribution in [0.5, 0.6) is 0 Å². The number of carbonyl (C=O) groups excluding carboxylic acids is 1. The molecule has 2 aromatic heterocycles. The largest absolute Gasteiger partial charge is 0.297 e. The van der Waals surface area contributed by atoms with Crippen molar-refractivity contribution < 1.29 is 4.79 Å². The summed E-state index contributed by atoms with van der Waals surface area (Å²) in [6.45, 7) is 4.63. The van der Waals surface area contributed by atoms with Crippen molar-refractivity contribution in [3.8, 4) is 20.9 Å². The molecule has 2 aliphatic rings. The highest BCUT2D eigenvalue weighted by atomic mass is 79.9. The number of aldehydes is 1. The molecule has 0 radical (unpaired) electrons. The highest BCUT2D eigenvalue weighted by molar-refractivity contribution is 9.11. The maximum Gasteiger partial charge on any atom is 0.160 e. The number of thiophene rings is 2.